The van der Waals surface area contributed by atoms with Gasteiger partial charge in [-0.25, -0.2) is 4.79 Å². The third-order valence-corrected chi connectivity index (χ3v) is 13.0. The second kappa shape index (κ2) is 36.1. The molecule has 0 aliphatic rings. The molecule has 0 bridgehead atoms. The highest BCUT2D eigenvalue weighted by Crippen LogP contribution is 2.16. The number of aromatic hydroxyl groups is 1. The number of carboxylic acids is 2. The first-order valence-corrected chi connectivity index (χ1v) is 28.0. The molecule has 0 unspecified atom stereocenters. The van der Waals surface area contributed by atoms with Crippen LogP contribution < -0.4 is 65.5 Å². The summed E-state index contributed by atoms with van der Waals surface area (Å²) in [5, 5.41) is 49.9. The van der Waals surface area contributed by atoms with Crippen LogP contribution in [0, 0.1) is 23.7 Å². The highest BCUT2D eigenvalue weighted by molar-refractivity contribution is 7.98. The normalized spacial score (nSPS) is 15.0. The average Bonchev–Trinajstić information content (AvgIpc) is 3.35. The number of nitrogens with two attached hydrogens (primary N) is 4. The lowest BCUT2D eigenvalue weighted by molar-refractivity contribution is -0.143. The van der Waals surface area contributed by atoms with Crippen LogP contribution in [0.5, 0.6) is 5.75 Å². The maximum Gasteiger partial charge on any atom is 0.326 e. The maximum absolute atomic E-state index is 14.3. The standard InChI is InChI=1S/C52H87N13O14S/c1-10-29(8)42(50(77)64-36(22-28(6)7)45(72)58-33(17-19-80-9)44(71)59-34(51(78)79)12-11-18-57-52(55)56)65-49(76)39(25-41(68)69)63-46(73)35(21-27(4)5)61-47(74)37(23-30-13-15-31(66)16-14-30)62-48(75)38(24-40(54)67)60-43(70)32(53)20-26(2)3/h13-16,26-29,32-39,42,66H,10-12,17-25,53H2,1-9H3,(H2,54,67)(H,58,72)(H,59,71)(H,60,70)(H,61,74)(H,62,75)(H,63,73)(H,64,77)(H,65,76)(H,68,69)(H,78,79)(H4,55,56,57)/t29-,32-,33-,34-,35-,36-,37-,38-,39-,42-/m0/s1. The first kappa shape index (κ1) is 70.8. The van der Waals surface area contributed by atoms with Crippen molar-refractivity contribution in [2.75, 3.05) is 18.6 Å². The summed E-state index contributed by atoms with van der Waals surface area (Å²) in [6.07, 6.45) is 0.543. The predicted octanol–water partition coefficient (Wildman–Crippen LogP) is -1.43. The number of guanidine groups is 1. The Labute approximate surface area is 471 Å². The van der Waals surface area contributed by atoms with Crippen LogP contribution in [0.15, 0.2) is 29.3 Å². The van der Waals surface area contributed by atoms with Crippen LogP contribution in [-0.2, 0) is 59.2 Å². The van der Waals surface area contributed by atoms with Crippen molar-refractivity contribution in [1.29, 1.82) is 0 Å². The van der Waals surface area contributed by atoms with Gasteiger partial charge >= 0.3 is 11.9 Å². The number of thioether (sulfide) groups is 1. The minimum atomic E-state index is -1.86. The second-order valence-corrected chi connectivity index (χ2v) is 22.0. The van der Waals surface area contributed by atoms with Gasteiger partial charge in [0.25, 0.3) is 0 Å². The summed E-state index contributed by atoms with van der Waals surface area (Å²) >= 11 is 1.37. The Bertz CT molecular complexity index is 2280. The number of hydrogen-bond acceptors (Lipinski definition) is 15. The van der Waals surface area contributed by atoms with Gasteiger partial charge in [-0.05, 0) is 91.9 Å². The first-order valence-electron chi connectivity index (χ1n) is 26.6. The molecule has 9 amide bonds. The van der Waals surface area contributed by atoms with Crippen LogP contribution in [0.1, 0.15) is 119 Å². The lowest BCUT2D eigenvalue weighted by Crippen LogP contribution is -2.61. The molecule has 0 fully saturated rings. The van der Waals surface area contributed by atoms with Gasteiger partial charge in [-0.2, -0.15) is 11.8 Å². The second-order valence-electron chi connectivity index (χ2n) is 21.0. The van der Waals surface area contributed by atoms with Gasteiger partial charge in [-0.1, -0.05) is 73.9 Å². The van der Waals surface area contributed by atoms with Crippen LogP contribution in [0.25, 0.3) is 0 Å². The zero-order chi connectivity index (χ0) is 61.0. The molecule has 0 aliphatic heterocycles. The fourth-order valence-electron chi connectivity index (χ4n) is 8.02. The highest BCUT2D eigenvalue weighted by atomic mass is 32.2. The zero-order valence-corrected chi connectivity index (χ0v) is 48.1. The van der Waals surface area contributed by atoms with E-state index in [9.17, 15) is 68.1 Å². The smallest absolute Gasteiger partial charge is 0.326 e. The van der Waals surface area contributed by atoms with E-state index in [2.05, 4.69) is 47.5 Å². The van der Waals surface area contributed by atoms with Crippen LogP contribution in [0.2, 0.25) is 0 Å². The van der Waals surface area contributed by atoms with Crippen molar-refractivity contribution >= 4 is 82.8 Å². The summed E-state index contributed by atoms with van der Waals surface area (Å²) in [6, 6.07) is -7.26. The van der Waals surface area contributed by atoms with Crippen LogP contribution in [0.4, 0.5) is 0 Å². The maximum atomic E-state index is 14.3. The van der Waals surface area contributed by atoms with E-state index < -0.39 is 138 Å². The van der Waals surface area contributed by atoms with E-state index in [4.69, 9.17) is 22.9 Å². The molecule has 0 saturated heterocycles. The number of amides is 9. The molecule has 1 rings (SSSR count). The van der Waals surface area contributed by atoms with Crippen molar-refractivity contribution in [3.8, 4) is 5.75 Å². The number of benzene rings is 1. The van der Waals surface area contributed by atoms with E-state index in [0.717, 1.165) is 0 Å². The molecule has 80 heavy (non-hydrogen) atoms. The molecule has 0 radical (unpaired) electrons. The van der Waals surface area contributed by atoms with Gasteiger partial charge in [0, 0.05) is 13.0 Å². The Balaban J connectivity index is 3.57. The van der Waals surface area contributed by atoms with Crippen molar-refractivity contribution in [3.05, 3.63) is 29.8 Å². The van der Waals surface area contributed by atoms with Crippen molar-refractivity contribution in [1.82, 2.24) is 42.5 Å². The molecule has 28 heteroatoms. The number of carbonyl (C=O) groups is 11. The number of nitrogens with zero attached hydrogens (tertiary/aromatic N) is 1. The fraction of sp³-hybridized carbons (Fsp3) is 0.654. The molecule has 19 N–H and O–H groups in total. The molecule has 0 aliphatic carbocycles. The predicted molar refractivity (Wildman–Crippen MR) is 300 cm³/mol. The third-order valence-electron chi connectivity index (χ3n) is 12.4. The fourth-order valence-corrected chi connectivity index (χ4v) is 8.49. The Morgan fingerprint density at radius 2 is 0.988 bits per heavy atom. The topological polar surface area (TPSA) is 461 Å². The molecule has 0 heterocycles. The van der Waals surface area contributed by atoms with Crippen molar-refractivity contribution in [3.63, 3.8) is 0 Å². The lowest BCUT2D eigenvalue weighted by Gasteiger charge is -2.30. The average molecular weight is 1150 g/mol. The summed E-state index contributed by atoms with van der Waals surface area (Å²) in [7, 11) is 0. The number of aliphatic carboxylic acids is 2. The molecule has 1 aromatic carbocycles. The van der Waals surface area contributed by atoms with E-state index in [-0.39, 0.29) is 87.4 Å². The Morgan fingerprint density at radius 1 is 0.550 bits per heavy atom. The summed E-state index contributed by atoms with van der Waals surface area (Å²) in [5.41, 5.74) is 22.6. The summed E-state index contributed by atoms with van der Waals surface area (Å²) in [5.74, 6) is -12.3. The molecule has 1 aromatic rings. The van der Waals surface area contributed by atoms with Gasteiger partial charge in [-0.3, -0.25) is 52.9 Å². The van der Waals surface area contributed by atoms with Crippen LogP contribution >= 0.6 is 11.8 Å². The van der Waals surface area contributed by atoms with E-state index in [1.165, 1.54) is 36.0 Å². The lowest BCUT2D eigenvalue weighted by atomic mass is 9.96. The van der Waals surface area contributed by atoms with Crippen molar-refractivity contribution in [2.45, 2.75) is 174 Å². The minimum Gasteiger partial charge on any atom is -0.508 e. The molecule has 450 valence electrons. The van der Waals surface area contributed by atoms with Crippen LogP contribution in [-0.4, -0.2) is 159 Å². The molecule has 0 aromatic heterocycles. The van der Waals surface area contributed by atoms with Gasteiger partial charge in [0.05, 0.1) is 18.9 Å². The van der Waals surface area contributed by atoms with Gasteiger partial charge in [0.15, 0.2) is 5.96 Å². The molecular weight excluding hydrogens is 1060 g/mol. The molecule has 0 saturated carbocycles. The molecule has 0 spiro atoms. The van der Waals surface area contributed by atoms with E-state index in [1.807, 2.05) is 13.8 Å². The molecule has 27 nitrogen and oxygen atoms in total. The molecular formula is C52H87N13O14S. The van der Waals surface area contributed by atoms with Crippen LogP contribution in [0.3, 0.4) is 0 Å². The SMILES string of the molecule is CC[C@H](C)[C@H](NC(=O)[C@H](CC(=O)O)NC(=O)[C@H](CC(C)C)NC(=O)[C@H](Cc1ccc(O)cc1)NC(=O)[C@H](CC(N)=O)NC(=O)[C@@H](N)CC(C)C)C(=O)N[C@@H](CC(C)C)C(=O)N[C@@H](CCSC)C(=O)N[C@@H](CCCN=C(N)N)C(=O)O. The zero-order valence-electron chi connectivity index (χ0n) is 47.3. The van der Waals surface area contributed by atoms with Gasteiger partial charge < -0.3 is 80.8 Å². The van der Waals surface area contributed by atoms with Gasteiger partial charge in [0.2, 0.25) is 53.2 Å². The van der Waals surface area contributed by atoms with Gasteiger partial charge in [-0.15, -0.1) is 0 Å². The first-order chi connectivity index (χ1) is 37.4. The van der Waals surface area contributed by atoms with E-state index >= 15 is 0 Å². The Kier molecular flexibility index (Phi) is 32.0. The Hall–Kier alpha value is -7.23. The summed E-state index contributed by atoms with van der Waals surface area (Å²) < 4.78 is 0. The highest BCUT2D eigenvalue weighted by Gasteiger charge is 2.37. The molecule has 10 atom stereocenters. The number of hydrogen-bond donors (Lipinski definition) is 15. The number of rotatable bonds is 38. The number of primary amides is 1. The summed E-state index contributed by atoms with van der Waals surface area (Å²) in [6.45, 7) is 14.0. The Morgan fingerprint density at radius 3 is 1.48 bits per heavy atom. The number of phenols is 1. The minimum absolute atomic E-state index is 0.00460. The third kappa shape index (κ3) is 27.6. The summed E-state index contributed by atoms with van der Waals surface area (Å²) in [4.78, 5) is 152. The quantitative estimate of drug-likeness (QED) is 0.0205. The largest absolute Gasteiger partial charge is 0.508 e. The van der Waals surface area contributed by atoms with E-state index in [1.54, 1.807) is 47.8 Å². The number of carboxylic acid groups (broad SMARTS) is 2. The van der Waals surface area contributed by atoms with Crippen molar-refractivity contribution < 1.29 is 68.1 Å². The number of nitrogens with one attached hydrogen (secondary N) is 8. The van der Waals surface area contributed by atoms with E-state index in [0.29, 0.717) is 11.3 Å². The van der Waals surface area contributed by atoms with Crippen molar-refractivity contribution in [2.24, 2.45) is 51.6 Å². The number of phenolic OH excluding ortho intramolecular Hbond substituents is 1. The number of carbonyl (C=O) groups excluding carboxylic acids is 9. The van der Waals surface area contributed by atoms with Gasteiger partial charge in [0.1, 0.15) is 54.1 Å². The number of aliphatic imine (C=N–C) groups is 1. The monoisotopic (exact) mass is 1150 g/mol.